The molecule has 0 aromatic heterocycles. The van der Waals surface area contributed by atoms with Crippen LogP contribution in [0.1, 0.15) is 34.7 Å². The molecule has 0 radical (unpaired) electrons. The fourth-order valence-electron chi connectivity index (χ4n) is 5.11. The minimum Gasteiger partial charge on any atom is -0.304 e. The van der Waals surface area contributed by atoms with Gasteiger partial charge in [0.25, 0.3) is 10.8 Å². The first-order chi connectivity index (χ1) is 16.2. The molecule has 1 spiro atoms. The lowest BCUT2D eigenvalue weighted by Crippen LogP contribution is -2.54. The summed E-state index contributed by atoms with van der Waals surface area (Å²) in [4.78, 5) is 28.1. The molecule has 2 aliphatic heterocycles. The molecule has 1 atom stereocenters. The van der Waals surface area contributed by atoms with E-state index in [1.54, 1.807) is 42.5 Å². The van der Waals surface area contributed by atoms with E-state index in [2.05, 4.69) is 0 Å². The average molecular weight is 475 g/mol. The molecule has 0 saturated carbocycles. The molecule has 0 aliphatic carbocycles. The van der Waals surface area contributed by atoms with Crippen LogP contribution in [0.3, 0.4) is 0 Å². The third kappa shape index (κ3) is 3.03. The predicted octanol–water partition coefficient (Wildman–Crippen LogP) is 4.03. The van der Waals surface area contributed by atoms with E-state index in [-0.39, 0.29) is 6.54 Å². The van der Waals surface area contributed by atoms with Crippen LogP contribution in [0.5, 0.6) is 0 Å². The highest BCUT2D eigenvalue weighted by Gasteiger charge is 2.69. The molecule has 1 saturated heterocycles. The lowest BCUT2D eigenvalue weighted by atomic mass is 10.0. The topological polar surface area (TPSA) is 74.8 Å². The van der Waals surface area contributed by atoms with Gasteiger partial charge in [-0.3, -0.25) is 14.5 Å². The number of para-hydroxylation sites is 1. The Balaban J connectivity index is 1.74. The molecule has 174 valence electrons. The van der Waals surface area contributed by atoms with Gasteiger partial charge in [-0.2, -0.15) is 0 Å². The standard InChI is InChI=1S/C27H26N2O4S/c1-4-20-8-7-9-22(15-20)29-25(30)17-34(32,33)27(29)23-10-5-6-11-24(23)28(26(27)31)16-21-14-18(2)12-13-19(21)3/h5-15H,4,16-17H2,1-3H3/t27-/m0/s1. The number of amides is 2. The maximum atomic E-state index is 14.2. The quantitative estimate of drug-likeness (QED) is 0.572. The highest BCUT2D eigenvalue weighted by molar-refractivity contribution is 7.94. The maximum absolute atomic E-state index is 14.2. The van der Waals surface area contributed by atoms with Gasteiger partial charge >= 0.3 is 0 Å². The largest absolute Gasteiger partial charge is 0.304 e. The second kappa shape index (κ2) is 7.81. The minimum atomic E-state index is -4.17. The van der Waals surface area contributed by atoms with Crippen LogP contribution in [0.15, 0.2) is 66.7 Å². The molecule has 0 bridgehead atoms. The fraction of sp³-hybridized carbons (Fsp3) is 0.259. The first kappa shape index (κ1) is 22.3. The van der Waals surface area contributed by atoms with Crippen LogP contribution in [-0.4, -0.2) is 26.0 Å². The zero-order valence-electron chi connectivity index (χ0n) is 19.4. The lowest BCUT2D eigenvalue weighted by molar-refractivity contribution is -0.123. The fourth-order valence-corrected chi connectivity index (χ4v) is 7.14. The minimum absolute atomic E-state index is 0.220. The first-order valence-corrected chi connectivity index (χ1v) is 13.0. The molecule has 2 heterocycles. The van der Waals surface area contributed by atoms with E-state index in [0.29, 0.717) is 16.9 Å². The Bertz CT molecular complexity index is 1450. The van der Waals surface area contributed by atoms with Crippen LogP contribution in [0.4, 0.5) is 11.4 Å². The van der Waals surface area contributed by atoms with Gasteiger partial charge in [0, 0.05) is 11.3 Å². The predicted molar refractivity (Wildman–Crippen MR) is 132 cm³/mol. The van der Waals surface area contributed by atoms with Gasteiger partial charge in [-0.15, -0.1) is 0 Å². The number of carbonyl (C=O) groups is 2. The Labute approximate surface area is 199 Å². The number of rotatable bonds is 4. The Morgan fingerprint density at radius 1 is 0.941 bits per heavy atom. The third-order valence-electron chi connectivity index (χ3n) is 6.83. The van der Waals surface area contributed by atoms with E-state index in [1.165, 1.54) is 9.80 Å². The van der Waals surface area contributed by atoms with E-state index >= 15 is 0 Å². The van der Waals surface area contributed by atoms with Gasteiger partial charge in [0.2, 0.25) is 5.91 Å². The molecule has 2 aliphatic rings. The molecule has 0 N–H and O–H groups in total. The van der Waals surface area contributed by atoms with E-state index in [0.717, 1.165) is 28.7 Å². The van der Waals surface area contributed by atoms with Gasteiger partial charge in [0.05, 0.1) is 12.2 Å². The summed E-state index contributed by atoms with van der Waals surface area (Å²) in [6.07, 6.45) is 0.721. The molecule has 34 heavy (non-hydrogen) atoms. The van der Waals surface area contributed by atoms with Crippen molar-refractivity contribution in [2.24, 2.45) is 0 Å². The number of hydrogen-bond acceptors (Lipinski definition) is 4. The Morgan fingerprint density at radius 2 is 1.71 bits per heavy atom. The number of nitrogens with zero attached hydrogens (tertiary/aromatic N) is 2. The van der Waals surface area contributed by atoms with Crippen molar-refractivity contribution in [2.75, 3.05) is 15.6 Å². The Kier molecular flexibility index (Phi) is 5.13. The number of carbonyl (C=O) groups excluding carboxylic acids is 2. The molecule has 3 aromatic rings. The first-order valence-electron chi connectivity index (χ1n) is 11.3. The van der Waals surface area contributed by atoms with Gasteiger partial charge in [-0.1, -0.05) is 61.0 Å². The van der Waals surface area contributed by atoms with Crippen molar-refractivity contribution in [2.45, 2.75) is 38.6 Å². The second-order valence-electron chi connectivity index (χ2n) is 8.99. The van der Waals surface area contributed by atoms with E-state index in [9.17, 15) is 18.0 Å². The van der Waals surface area contributed by atoms with Crippen molar-refractivity contribution < 1.29 is 18.0 Å². The summed E-state index contributed by atoms with van der Waals surface area (Å²) in [5, 5.41) is 0. The normalized spacial score (nSPS) is 20.9. The van der Waals surface area contributed by atoms with Crippen molar-refractivity contribution >= 4 is 33.0 Å². The van der Waals surface area contributed by atoms with Crippen LogP contribution in [0.25, 0.3) is 0 Å². The molecule has 1 fully saturated rings. The summed E-state index contributed by atoms with van der Waals surface area (Å²) < 4.78 is 27.4. The van der Waals surface area contributed by atoms with E-state index in [4.69, 9.17) is 0 Å². The summed E-state index contributed by atoms with van der Waals surface area (Å²) in [6, 6.07) is 20.1. The van der Waals surface area contributed by atoms with E-state index in [1.807, 2.05) is 45.0 Å². The number of sulfone groups is 1. The van der Waals surface area contributed by atoms with Crippen LogP contribution >= 0.6 is 0 Å². The monoisotopic (exact) mass is 474 g/mol. The van der Waals surface area contributed by atoms with E-state index < -0.39 is 32.3 Å². The smallest absolute Gasteiger partial charge is 0.274 e. The zero-order valence-corrected chi connectivity index (χ0v) is 20.2. The number of fused-ring (bicyclic) bond motifs is 2. The number of anilines is 2. The lowest BCUT2D eigenvalue weighted by Gasteiger charge is -2.33. The van der Waals surface area contributed by atoms with Crippen molar-refractivity contribution in [1.82, 2.24) is 0 Å². The third-order valence-corrected chi connectivity index (χ3v) is 8.94. The summed E-state index contributed by atoms with van der Waals surface area (Å²) in [5.74, 6) is -1.91. The Hall–Kier alpha value is -3.45. The molecule has 6 nitrogen and oxygen atoms in total. The van der Waals surface area contributed by atoms with Crippen molar-refractivity contribution in [3.8, 4) is 0 Å². The average Bonchev–Trinajstić information content (AvgIpc) is 3.19. The SMILES string of the molecule is CCc1cccc(N2C(=O)CS(=O)(=O)[C@@]23C(=O)N(Cc2cc(C)ccc2C)c2ccccc23)c1. The molecular weight excluding hydrogens is 448 g/mol. The summed E-state index contributed by atoms with van der Waals surface area (Å²) in [7, 11) is -4.17. The summed E-state index contributed by atoms with van der Waals surface area (Å²) >= 11 is 0. The number of aryl methyl sites for hydroxylation is 3. The molecular formula is C27H26N2O4S. The number of benzene rings is 3. The van der Waals surface area contributed by atoms with Crippen LogP contribution in [0.2, 0.25) is 0 Å². The molecule has 2 amide bonds. The van der Waals surface area contributed by atoms with Gasteiger partial charge in [-0.05, 0) is 55.2 Å². The summed E-state index contributed by atoms with van der Waals surface area (Å²) in [5.41, 5.74) is 5.22. The van der Waals surface area contributed by atoms with Crippen LogP contribution < -0.4 is 9.80 Å². The summed E-state index contributed by atoms with van der Waals surface area (Å²) in [6.45, 7) is 6.15. The van der Waals surface area contributed by atoms with Crippen molar-refractivity contribution in [3.63, 3.8) is 0 Å². The van der Waals surface area contributed by atoms with Gasteiger partial charge in [0.1, 0.15) is 5.75 Å². The second-order valence-corrected chi connectivity index (χ2v) is 11.1. The molecule has 0 unspecified atom stereocenters. The molecule has 3 aromatic carbocycles. The van der Waals surface area contributed by atoms with Crippen molar-refractivity contribution in [1.29, 1.82) is 0 Å². The van der Waals surface area contributed by atoms with Crippen molar-refractivity contribution in [3.05, 3.63) is 94.5 Å². The molecule has 7 heteroatoms. The molecule has 5 rings (SSSR count). The van der Waals surface area contributed by atoms with Gasteiger partial charge < -0.3 is 4.90 Å². The Morgan fingerprint density at radius 3 is 2.47 bits per heavy atom. The highest BCUT2D eigenvalue weighted by atomic mass is 32.2. The highest BCUT2D eigenvalue weighted by Crippen LogP contribution is 2.52. The maximum Gasteiger partial charge on any atom is 0.274 e. The van der Waals surface area contributed by atoms with Gasteiger partial charge in [0.15, 0.2) is 9.84 Å². The number of hydrogen-bond donors (Lipinski definition) is 0. The van der Waals surface area contributed by atoms with Gasteiger partial charge in [-0.25, -0.2) is 8.42 Å². The van der Waals surface area contributed by atoms with Crippen LogP contribution in [0, 0.1) is 13.8 Å². The zero-order chi connectivity index (χ0) is 24.3. The van der Waals surface area contributed by atoms with Crippen LogP contribution in [-0.2, 0) is 37.3 Å².